The van der Waals surface area contributed by atoms with E-state index in [1.165, 1.54) is 12.8 Å². The molecule has 0 saturated heterocycles. The molecular weight excluding hydrogens is 266 g/mol. The molecule has 1 unspecified atom stereocenters. The largest absolute Gasteiger partial charge is 0.461 e. The summed E-state index contributed by atoms with van der Waals surface area (Å²) in [5.74, 6) is 2.68. The van der Waals surface area contributed by atoms with Crippen LogP contribution in [-0.2, 0) is 0 Å². The summed E-state index contributed by atoms with van der Waals surface area (Å²) in [5, 5.41) is 6.50. The van der Waals surface area contributed by atoms with Crippen molar-refractivity contribution in [1.29, 1.82) is 0 Å². The molecule has 1 fully saturated rings. The average Bonchev–Trinajstić information content (AvgIpc) is 3.26. The van der Waals surface area contributed by atoms with Gasteiger partial charge in [-0.05, 0) is 44.9 Å². The van der Waals surface area contributed by atoms with Gasteiger partial charge in [-0.15, -0.1) is 0 Å². The molecule has 0 radical (unpaired) electrons. The molecule has 0 aromatic carbocycles. The van der Waals surface area contributed by atoms with E-state index in [1.807, 2.05) is 13.8 Å². The molecule has 1 atom stereocenters. The maximum Gasteiger partial charge on any atom is 0.323 e. The maximum atomic E-state index is 5.60. The fourth-order valence-electron chi connectivity index (χ4n) is 2.10. The SMILES string of the molecule is CCCNc1nc(NCC(C)C2CC2)nc(OC(C)C)n1. The molecule has 2 N–H and O–H groups in total. The van der Waals surface area contributed by atoms with Crippen molar-refractivity contribution in [3.05, 3.63) is 0 Å². The summed E-state index contributed by atoms with van der Waals surface area (Å²) in [6.45, 7) is 10.0. The minimum Gasteiger partial charge on any atom is -0.461 e. The number of ether oxygens (including phenoxy) is 1. The van der Waals surface area contributed by atoms with Crippen LogP contribution in [0.3, 0.4) is 0 Å². The summed E-state index contributed by atoms with van der Waals surface area (Å²) in [4.78, 5) is 13.0. The third-order valence-corrected chi connectivity index (χ3v) is 3.50. The summed E-state index contributed by atoms with van der Waals surface area (Å²) in [5.41, 5.74) is 0. The molecule has 6 heteroatoms. The van der Waals surface area contributed by atoms with E-state index in [1.54, 1.807) is 0 Å². The smallest absolute Gasteiger partial charge is 0.323 e. The van der Waals surface area contributed by atoms with Crippen molar-refractivity contribution >= 4 is 11.9 Å². The fraction of sp³-hybridized carbons (Fsp3) is 0.800. The number of hydrogen-bond acceptors (Lipinski definition) is 6. The van der Waals surface area contributed by atoms with Crippen LogP contribution in [0.4, 0.5) is 11.9 Å². The van der Waals surface area contributed by atoms with Crippen molar-refractivity contribution < 1.29 is 4.74 Å². The van der Waals surface area contributed by atoms with E-state index in [0.717, 1.165) is 25.4 Å². The molecule has 1 aliphatic rings. The lowest BCUT2D eigenvalue weighted by molar-refractivity contribution is 0.222. The number of rotatable bonds is 9. The van der Waals surface area contributed by atoms with E-state index >= 15 is 0 Å². The van der Waals surface area contributed by atoms with Crippen LogP contribution in [0.2, 0.25) is 0 Å². The van der Waals surface area contributed by atoms with Gasteiger partial charge in [-0.25, -0.2) is 0 Å². The van der Waals surface area contributed by atoms with Crippen LogP contribution in [0.15, 0.2) is 0 Å². The first-order valence-corrected chi connectivity index (χ1v) is 7.99. The van der Waals surface area contributed by atoms with Gasteiger partial charge in [0.25, 0.3) is 0 Å². The number of nitrogens with one attached hydrogen (secondary N) is 2. The van der Waals surface area contributed by atoms with E-state index in [-0.39, 0.29) is 6.10 Å². The number of hydrogen-bond donors (Lipinski definition) is 2. The summed E-state index contributed by atoms with van der Waals surface area (Å²) >= 11 is 0. The molecule has 2 rings (SSSR count). The molecule has 118 valence electrons. The van der Waals surface area contributed by atoms with Crippen molar-refractivity contribution in [2.24, 2.45) is 11.8 Å². The van der Waals surface area contributed by atoms with E-state index in [2.05, 4.69) is 39.4 Å². The zero-order valence-corrected chi connectivity index (χ0v) is 13.5. The molecule has 0 aliphatic heterocycles. The zero-order chi connectivity index (χ0) is 15.2. The summed E-state index contributed by atoms with van der Waals surface area (Å²) in [7, 11) is 0. The molecule has 1 aliphatic carbocycles. The van der Waals surface area contributed by atoms with Gasteiger partial charge in [-0.1, -0.05) is 13.8 Å². The monoisotopic (exact) mass is 293 g/mol. The molecule has 0 bridgehead atoms. The minimum absolute atomic E-state index is 0.0460. The highest BCUT2D eigenvalue weighted by Gasteiger charge is 2.27. The summed E-state index contributed by atoms with van der Waals surface area (Å²) in [6.07, 6.45) is 3.77. The summed E-state index contributed by atoms with van der Waals surface area (Å²) < 4.78 is 5.60. The quantitative estimate of drug-likeness (QED) is 0.729. The number of nitrogens with zero attached hydrogens (tertiary/aromatic N) is 3. The van der Waals surface area contributed by atoms with Crippen LogP contribution < -0.4 is 15.4 Å². The molecule has 1 heterocycles. The average molecular weight is 293 g/mol. The van der Waals surface area contributed by atoms with E-state index in [4.69, 9.17) is 4.74 Å². The van der Waals surface area contributed by atoms with Crippen LogP contribution in [0.5, 0.6) is 6.01 Å². The first-order chi connectivity index (χ1) is 10.1. The molecule has 0 amide bonds. The first kappa shape index (κ1) is 15.8. The lowest BCUT2D eigenvalue weighted by atomic mass is 10.1. The van der Waals surface area contributed by atoms with Gasteiger partial charge in [0.15, 0.2) is 0 Å². The number of anilines is 2. The Balaban J connectivity index is 2.01. The lowest BCUT2D eigenvalue weighted by Gasteiger charge is -2.14. The molecule has 1 saturated carbocycles. The van der Waals surface area contributed by atoms with Crippen LogP contribution in [0, 0.1) is 11.8 Å². The Labute approximate surface area is 127 Å². The predicted molar refractivity (Wildman–Crippen MR) is 84.7 cm³/mol. The van der Waals surface area contributed by atoms with Crippen LogP contribution in [-0.4, -0.2) is 34.1 Å². The highest BCUT2D eigenvalue weighted by Crippen LogP contribution is 2.36. The molecule has 1 aromatic rings. The van der Waals surface area contributed by atoms with E-state index in [9.17, 15) is 0 Å². The number of aromatic nitrogens is 3. The van der Waals surface area contributed by atoms with Crippen LogP contribution >= 0.6 is 0 Å². The van der Waals surface area contributed by atoms with Crippen molar-refractivity contribution in [3.63, 3.8) is 0 Å². The molecule has 21 heavy (non-hydrogen) atoms. The Bertz CT molecular complexity index is 448. The maximum absolute atomic E-state index is 5.60. The van der Waals surface area contributed by atoms with Gasteiger partial charge in [0, 0.05) is 13.1 Å². The third-order valence-electron chi connectivity index (χ3n) is 3.50. The Kier molecular flexibility index (Phi) is 5.59. The van der Waals surface area contributed by atoms with Gasteiger partial charge in [0.1, 0.15) is 0 Å². The van der Waals surface area contributed by atoms with Gasteiger partial charge < -0.3 is 15.4 Å². The Morgan fingerprint density at radius 3 is 2.33 bits per heavy atom. The molecule has 1 aromatic heterocycles. The van der Waals surface area contributed by atoms with Crippen molar-refractivity contribution in [2.45, 2.75) is 53.1 Å². The van der Waals surface area contributed by atoms with Crippen LogP contribution in [0.1, 0.15) is 47.0 Å². The summed E-state index contributed by atoms with van der Waals surface area (Å²) in [6, 6.07) is 0.375. The van der Waals surface area contributed by atoms with Gasteiger partial charge >= 0.3 is 6.01 Å². The standard InChI is InChI=1S/C15H27N5O/c1-5-8-16-13-18-14(17-9-11(4)12-6-7-12)20-15(19-13)21-10(2)3/h10-12H,5-9H2,1-4H3,(H2,16,17,18,19,20). The van der Waals surface area contributed by atoms with Gasteiger partial charge in [0.2, 0.25) is 11.9 Å². The Morgan fingerprint density at radius 1 is 1.10 bits per heavy atom. The first-order valence-electron chi connectivity index (χ1n) is 7.99. The second-order valence-corrected chi connectivity index (χ2v) is 6.05. The minimum atomic E-state index is 0.0460. The molecule has 6 nitrogen and oxygen atoms in total. The van der Waals surface area contributed by atoms with Gasteiger partial charge in [-0.2, -0.15) is 15.0 Å². The lowest BCUT2D eigenvalue weighted by Crippen LogP contribution is -2.17. The van der Waals surface area contributed by atoms with Crippen molar-refractivity contribution in [1.82, 2.24) is 15.0 Å². The van der Waals surface area contributed by atoms with Crippen molar-refractivity contribution in [3.8, 4) is 6.01 Å². The second-order valence-electron chi connectivity index (χ2n) is 6.05. The van der Waals surface area contributed by atoms with Gasteiger partial charge in [0.05, 0.1) is 6.10 Å². The Morgan fingerprint density at radius 2 is 1.76 bits per heavy atom. The van der Waals surface area contributed by atoms with Crippen LogP contribution in [0.25, 0.3) is 0 Å². The topological polar surface area (TPSA) is 72.0 Å². The van der Waals surface area contributed by atoms with E-state index in [0.29, 0.717) is 23.8 Å². The fourth-order valence-corrected chi connectivity index (χ4v) is 2.10. The van der Waals surface area contributed by atoms with Gasteiger partial charge in [-0.3, -0.25) is 0 Å². The molecule has 0 spiro atoms. The Hall–Kier alpha value is -1.59. The highest BCUT2D eigenvalue weighted by atomic mass is 16.5. The third kappa shape index (κ3) is 5.36. The predicted octanol–water partition coefficient (Wildman–Crippen LogP) is 2.94. The molecular formula is C15H27N5O. The van der Waals surface area contributed by atoms with E-state index < -0.39 is 0 Å². The normalized spacial score (nSPS) is 15.9. The second kappa shape index (κ2) is 7.43. The highest BCUT2D eigenvalue weighted by molar-refractivity contribution is 5.35. The van der Waals surface area contributed by atoms with Crippen molar-refractivity contribution in [2.75, 3.05) is 23.7 Å². The zero-order valence-electron chi connectivity index (χ0n) is 13.5.